The zero-order valence-corrected chi connectivity index (χ0v) is 40.4. The van der Waals surface area contributed by atoms with Gasteiger partial charge >= 0.3 is 14.2 Å². The molecule has 0 bridgehead atoms. The third kappa shape index (κ3) is 9.20. The third-order valence-corrected chi connectivity index (χ3v) is 16.1. The van der Waals surface area contributed by atoms with Crippen LogP contribution in [0.25, 0.3) is 40.3 Å². The van der Waals surface area contributed by atoms with Gasteiger partial charge in [0.05, 0.1) is 31.3 Å². The fourth-order valence-corrected chi connectivity index (χ4v) is 10.7. The summed E-state index contributed by atoms with van der Waals surface area (Å²) in [4.78, 5) is 0. The Kier molecular flexibility index (Phi) is 13.2. The van der Waals surface area contributed by atoms with Crippen LogP contribution in [0.1, 0.15) is 55.4 Å². The Balaban J connectivity index is 0.000000125. The molecular formula is C44H40B2Br2F4O4S4. The van der Waals surface area contributed by atoms with Crippen molar-refractivity contribution in [2.24, 2.45) is 0 Å². The Hall–Kier alpha value is -2.63. The second-order valence-corrected chi connectivity index (χ2v) is 21.7. The molecule has 10 rings (SSSR count). The number of hydrogen-bond donors (Lipinski definition) is 0. The van der Waals surface area contributed by atoms with E-state index in [4.69, 9.17) is 18.6 Å². The summed E-state index contributed by atoms with van der Waals surface area (Å²) in [6.45, 7) is 15.8. The van der Waals surface area contributed by atoms with Crippen molar-refractivity contribution in [2.75, 3.05) is 0 Å². The Morgan fingerprint density at radius 2 is 0.883 bits per heavy atom. The molecule has 4 aromatic heterocycles. The zero-order chi connectivity index (χ0) is 43.4. The number of benzene rings is 4. The van der Waals surface area contributed by atoms with Crippen molar-refractivity contribution in [1.29, 1.82) is 0 Å². The molecule has 312 valence electrons. The largest absolute Gasteiger partial charge is 0.498 e. The van der Waals surface area contributed by atoms with Crippen molar-refractivity contribution in [3.8, 4) is 0 Å². The summed E-state index contributed by atoms with van der Waals surface area (Å²) in [5.74, 6) is -0.944. The predicted octanol–water partition coefficient (Wildman–Crippen LogP) is 14.3. The van der Waals surface area contributed by atoms with E-state index in [-0.39, 0.29) is 23.3 Å². The summed E-state index contributed by atoms with van der Waals surface area (Å²) in [7, 11) is -1.29. The van der Waals surface area contributed by atoms with Crippen LogP contribution in [-0.2, 0) is 18.6 Å². The topological polar surface area (TPSA) is 36.9 Å². The average Bonchev–Trinajstić information content (AvgIpc) is 4.03. The molecule has 8 aromatic rings. The molecule has 2 saturated heterocycles. The van der Waals surface area contributed by atoms with E-state index in [1.54, 1.807) is 69.6 Å². The van der Waals surface area contributed by atoms with E-state index < -0.39 is 36.6 Å². The molecule has 2 aliphatic heterocycles. The van der Waals surface area contributed by atoms with Crippen LogP contribution >= 0.6 is 77.2 Å². The predicted molar refractivity (Wildman–Crippen MR) is 254 cm³/mol. The van der Waals surface area contributed by atoms with Gasteiger partial charge in [0.25, 0.3) is 0 Å². The number of fused-ring (bicyclic) bond motifs is 4. The summed E-state index contributed by atoms with van der Waals surface area (Å²) in [6, 6.07) is 20.9. The molecule has 4 aromatic carbocycles. The highest BCUT2D eigenvalue weighted by atomic mass is 79.9. The van der Waals surface area contributed by atoms with Crippen LogP contribution < -0.4 is 10.9 Å². The first kappa shape index (κ1) is 45.4. The maximum Gasteiger partial charge on any atom is 0.498 e. The van der Waals surface area contributed by atoms with Crippen LogP contribution in [0.4, 0.5) is 17.6 Å². The van der Waals surface area contributed by atoms with Crippen molar-refractivity contribution < 1.29 is 36.2 Å². The molecule has 0 atom stereocenters. The highest BCUT2D eigenvalue weighted by Crippen LogP contribution is 2.39. The van der Waals surface area contributed by atoms with Crippen LogP contribution in [0.3, 0.4) is 0 Å². The molecular weight excluding hydrogens is 978 g/mol. The zero-order valence-electron chi connectivity index (χ0n) is 33.9. The maximum absolute atomic E-state index is 14.2. The Morgan fingerprint density at radius 1 is 0.450 bits per heavy atom. The van der Waals surface area contributed by atoms with E-state index in [1.165, 1.54) is 18.2 Å². The first-order valence-corrected chi connectivity index (χ1v) is 24.0. The lowest BCUT2D eigenvalue weighted by molar-refractivity contribution is 0.00578. The maximum atomic E-state index is 14.2. The molecule has 60 heavy (non-hydrogen) atoms. The molecule has 16 heteroatoms. The molecule has 0 spiro atoms. The lowest BCUT2D eigenvalue weighted by atomic mass is 9.76. The minimum atomic E-state index is -0.650. The number of thiophene rings is 4. The standard InChI is InChI=1S/2C14H16BFO2S.2C8H4BrFS/c1-13(2)14(3,4)18-15(17-13)10-8-12-9(5-6-19-12)7-11(10)16;1-13(2)14(3,4)18-15(17-13)12-9-7-8-19-11(9)6-5-10(12)16;9-6-4-8-5(1-2-11-8)3-7(6)10;9-8-5-3-4-11-7(5)2-1-6(8)10/h2*5-8H,1-4H3;2*1-4H. The van der Waals surface area contributed by atoms with Crippen molar-refractivity contribution in [3.05, 3.63) is 127 Å². The highest BCUT2D eigenvalue weighted by molar-refractivity contribution is 9.11. The van der Waals surface area contributed by atoms with Crippen LogP contribution in [0.5, 0.6) is 0 Å². The quantitative estimate of drug-likeness (QED) is 0.128. The van der Waals surface area contributed by atoms with E-state index in [9.17, 15) is 17.6 Å². The molecule has 0 radical (unpaired) electrons. The first-order valence-electron chi connectivity index (χ1n) is 18.8. The van der Waals surface area contributed by atoms with Crippen molar-refractivity contribution in [3.63, 3.8) is 0 Å². The van der Waals surface area contributed by atoms with Crippen molar-refractivity contribution >= 4 is 143 Å². The van der Waals surface area contributed by atoms with Crippen LogP contribution in [0, 0.1) is 23.3 Å². The van der Waals surface area contributed by atoms with Crippen molar-refractivity contribution in [1.82, 2.24) is 0 Å². The lowest BCUT2D eigenvalue weighted by Crippen LogP contribution is -2.41. The molecule has 2 fully saturated rings. The van der Waals surface area contributed by atoms with E-state index in [2.05, 4.69) is 31.9 Å². The molecule has 0 N–H and O–H groups in total. The molecule has 0 saturated carbocycles. The van der Waals surface area contributed by atoms with Gasteiger partial charge in [-0.3, -0.25) is 0 Å². The molecule has 0 amide bonds. The van der Waals surface area contributed by atoms with Gasteiger partial charge in [-0.1, -0.05) is 0 Å². The minimum absolute atomic E-state index is 0.198. The Bertz CT molecular complexity index is 2750. The van der Waals surface area contributed by atoms with Crippen molar-refractivity contribution in [2.45, 2.75) is 77.8 Å². The second kappa shape index (κ2) is 17.5. The SMILES string of the molecule is CC1(C)OB(c2c(F)ccc3sccc23)OC1(C)C.CC1(C)OB(c2cc3sccc3cc2F)OC1(C)C.Fc1cc2ccsc2cc1Br.Fc1ccc2sccc2c1Br. The molecule has 0 aliphatic carbocycles. The van der Waals surface area contributed by atoms with Gasteiger partial charge in [0, 0.05) is 35.1 Å². The fourth-order valence-electron chi connectivity index (χ4n) is 6.33. The minimum Gasteiger partial charge on any atom is -0.399 e. The number of hydrogen-bond acceptors (Lipinski definition) is 8. The van der Waals surface area contributed by atoms with E-state index in [1.807, 2.05) is 107 Å². The van der Waals surface area contributed by atoms with Gasteiger partial charge in [-0.2, -0.15) is 0 Å². The molecule has 2 aliphatic rings. The van der Waals surface area contributed by atoms with Gasteiger partial charge in [0.1, 0.15) is 23.3 Å². The molecule has 6 heterocycles. The first-order chi connectivity index (χ1) is 28.2. The van der Waals surface area contributed by atoms with E-state index in [0.29, 0.717) is 19.9 Å². The molecule has 4 nitrogen and oxygen atoms in total. The smallest absolute Gasteiger partial charge is 0.399 e. The van der Waals surface area contributed by atoms with Gasteiger partial charge in [-0.05, 0) is 198 Å². The average molecular weight is 1020 g/mol. The molecule has 0 unspecified atom stereocenters. The summed E-state index contributed by atoms with van der Waals surface area (Å²) in [6.07, 6.45) is 0. The number of halogens is 6. The van der Waals surface area contributed by atoms with Gasteiger partial charge in [-0.25, -0.2) is 17.6 Å². The summed E-state index contributed by atoms with van der Waals surface area (Å²) in [5.41, 5.74) is -0.820. The fraction of sp³-hybridized carbons (Fsp3) is 0.273. The van der Waals surface area contributed by atoms with E-state index >= 15 is 0 Å². The summed E-state index contributed by atoms with van der Waals surface area (Å²) >= 11 is 12.7. The van der Waals surface area contributed by atoms with E-state index in [0.717, 1.165) is 40.3 Å². The van der Waals surface area contributed by atoms with Crippen LogP contribution in [0.15, 0.2) is 103 Å². The third-order valence-electron chi connectivity index (χ3n) is 11.2. The normalized spacial score (nSPS) is 17.4. The monoisotopic (exact) mass is 1020 g/mol. The lowest BCUT2D eigenvalue weighted by Gasteiger charge is -2.32. The van der Waals surface area contributed by atoms with Gasteiger partial charge < -0.3 is 18.6 Å². The Labute approximate surface area is 380 Å². The van der Waals surface area contributed by atoms with Crippen LogP contribution in [0.2, 0.25) is 0 Å². The van der Waals surface area contributed by atoms with Gasteiger partial charge in [-0.15, -0.1) is 45.3 Å². The van der Waals surface area contributed by atoms with Gasteiger partial charge in [0.15, 0.2) is 0 Å². The highest BCUT2D eigenvalue weighted by Gasteiger charge is 2.53. The second-order valence-electron chi connectivity index (χ2n) is 16.2. The summed E-state index contributed by atoms with van der Waals surface area (Å²) < 4.78 is 83.3. The number of rotatable bonds is 2. The Morgan fingerprint density at radius 3 is 1.45 bits per heavy atom. The summed E-state index contributed by atoms with van der Waals surface area (Å²) in [5, 5.41) is 11.5. The van der Waals surface area contributed by atoms with Gasteiger partial charge in [0.2, 0.25) is 0 Å². The van der Waals surface area contributed by atoms with Crippen LogP contribution in [-0.4, -0.2) is 36.6 Å².